The van der Waals surface area contributed by atoms with Crippen molar-refractivity contribution in [3.05, 3.63) is 75.7 Å². The Morgan fingerprint density at radius 2 is 1.47 bits per heavy atom. The van der Waals surface area contributed by atoms with Crippen LogP contribution >= 0.6 is 46.1 Å². The molecule has 164 valence electrons. The Bertz CT molecular complexity index is 1410. The molecule has 3 aromatic carbocycles. The zero-order valence-electron chi connectivity index (χ0n) is 16.9. The lowest BCUT2D eigenvalue weighted by Gasteiger charge is -2.10. The van der Waals surface area contributed by atoms with Gasteiger partial charge < -0.3 is 4.74 Å². The van der Waals surface area contributed by atoms with Gasteiger partial charge in [-0.3, -0.25) is 0 Å². The van der Waals surface area contributed by atoms with Crippen molar-refractivity contribution in [2.45, 2.75) is 4.90 Å². The Morgan fingerprint density at radius 3 is 2.06 bits per heavy atom. The standard InChI is InChI=1S/C23H16Cl3NO3S2/c1-30-21-17(25)11-13(12-18(21)26)20-22(15-8-4-6-10-19(15)32(2,28)29)31-23(27-20)14-7-3-5-9-16(14)24/h3-12H,1-2H3. The Kier molecular flexibility index (Phi) is 6.52. The average molecular weight is 525 g/mol. The van der Waals surface area contributed by atoms with Crippen molar-refractivity contribution < 1.29 is 13.2 Å². The van der Waals surface area contributed by atoms with E-state index in [4.69, 9.17) is 44.5 Å². The third-order valence-corrected chi connectivity index (χ3v) is 7.91. The van der Waals surface area contributed by atoms with Crippen LogP contribution in [0.4, 0.5) is 0 Å². The molecule has 0 saturated heterocycles. The fourth-order valence-corrected chi connectivity index (χ4v) is 6.37. The van der Waals surface area contributed by atoms with Crippen LogP contribution < -0.4 is 4.74 Å². The zero-order valence-corrected chi connectivity index (χ0v) is 20.8. The highest BCUT2D eigenvalue weighted by Gasteiger charge is 2.23. The summed E-state index contributed by atoms with van der Waals surface area (Å²) < 4.78 is 30.3. The van der Waals surface area contributed by atoms with E-state index in [1.807, 2.05) is 18.2 Å². The van der Waals surface area contributed by atoms with Gasteiger partial charge in [-0.05, 0) is 24.3 Å². The molecule has 0 unspecified atom stereocenters. The largest absolute Gasteiger partial charge is 0.494 e. The van der Waals surface area contributed by atoms with Crippen LogP contribution in [0.2, 0.25) is 15.1 Å². The Labute approximate surface area is 205 Å². The Morgan fingerprint density at radius 1 is 0.875 bits per heavy atom. The lowest BCUT2D eigenvalue weighted by Crippen LogP contribution is -1.99. The molecule has 0 aliphatic rings. The first kappa shape index (κ1) is 23.1. The molecule has 0 spiro atoms. The van der Waals surface area contributed by atoms with Crippen LogP contribution in [0.1, 0.15) is 0 Å². The monoisotopic (exact) mass is 523 g/mol. The van der Waals surface area contributed by atoms with Crippen LogP contribution in [0.5, 0.6) is 5.75 Å². The highest BCUT2D eigenvalue weighted by Crippen LogP contribution is 2.46. The minimum Gasteiger partial charge on any atom is -0.494 e. The molecule has 0 fully saturated rings. The normalized spacial score (nSPS) is 11.5. The molecule has 0 saturated carbocycles. The van der Waals surface area contributed by atoms with Gasteiger partial charge >= 0.3 is 0 Å². The molecule has 4 rings (SSSR count). The second kappa shape index (κ2) is 9.04. The second-order valence-corrected chi connectivity index (χ2v) is 11.1. The highest BCUT2D eigenvalue weighted by atomic mass is 35.5. The van der Waals surface area contributed by atoms with Gasteiger partial charge in [0.15, 0.2) is 15.6 Å². The molecule has 1 heterocycles. The van der Waals surface area contributed by atoms with E-state index < -0.39 is 9.84 Å². The van der Waals surface area contributed by atoms with E-state index in [9.17, 15) is 8.42 Å². The molecule has 0 bridgehead atoms. The summed E-state index contributed by atoms with van der Waals surface area (Å²) in [5.41, 5.74) is 2.47. The number of halogens is 3. The molecule has 0 aliphatic carbocycles. The maximum atomic E-state index is 12.5. The number of sulfone groups is 1. The lowest BCUT2D eigenvalue weighted by molar-refractivity contribution is 0.415. The summed E-state index contributed by atoms with van der Waals surface area (Å²) in [6.07, 6.45) is 1.18. The maximum Gasteiger partial charge on any atom is 0.176 e. The number of methoxy groups -OCH3 is 1. The first-order valence-electron chi connectivity index (χ1n) is 9.29. The number of rotatable bonds is 5. The number of hydrogen-bond donors (Lipinski definition) is 0. The number of hydrogen-bond acceptors (Lipinski definition) is 5. The molecule has 9 heteroatoms. The topological polar surface area (TPSA) is 56.3 Å². The molecule has 0 radical (unpaired) electrons. The van der Waals surface area contributed by atoms with Crippen molar-refractivity contribution in [2.75, 3.05) is 13.4 Å². The number of nitrogens with zero attached hydrogens (tertiary/aromatic N) is 1. The molecule has 4 nitrogen and oxygen atoms in total. The molecular formula is C23H16Cl3NO3S2. The molecule has 0 N–H and O–H groups in total. The smallest absolute Gasteiger partial charge is 0.176 e. The van der Waals surface area contributed by atoms with E-state index in [1.165, 1.54) is 24.7 Å². The second-order valence-electron chi connectivity index (χ2n) is 6.92. The fraction of sp³-hybridized carbons (Fsp3) is 0.0870. The van der Waals surface area contributed by atoms with E-state index in [0.717, 1.165) is 5.56 Å². The SMILES string of the molecule is COc1c(Cl)cc(-c2nc(-c3ccccc3Cl)sc2-c2ccccc2S(C)(=O)=O)cc1Cl. The molecular weight excluding hydrogens is 509 g/mol. The van der Waals surface area contributed by atoms with Gasteiger partial charge in [0.25, 0.3) is 0 Å². The van der Waals surface area contributed by atoms with Crippen LogP contribution in [0, 0.1) is 0 Å². The van der Waals surface area contributed by atoms with Gasteiger partial charge in [-0.1, -0.05) is 71.2 Å². The van der Waals surface area contributed by atoms with Gasteiger partial charge in [0.2, 0.25) is 0 Å². The maximum absolute atomic E-state index is 12.5. The third-order valence-electron chi connectivity index (χ3n) is 4.74. The van der Waals surface area contributed by atoms with Gasteiger partial charge in [-0.25, -0.2) is 13.4 Å². The predicted molar refractivity (Wildman–Crippen MR) is 133 cm³/mol. The van der Waals surface area contributed by atoms with Gasteiger partial charge in [0.05, 0.1) is 37.6 Å². The molecule has 0 atom stereocenters. The molecule has 32 heavy (non-hydrogen) atoms. The zero-order chi connectivity index (χ0) is 23.0. The third kappa shape index (κ3) is 4.38. The van der Waals surface area contributed by atoms with E-state index >= 15 is 0 Å². The summed E-state index contributed by atoms with van der Waals surface area (Å²) in [5.74, 6) is 0.358. The number of thiazole rings is 1. The van der Waals surface area contributed by atoms with Gasteiger partial charge in [0.1, 0.15) is 5.01 Å². The van der Waals surface area contributed by atoms with Crippen molar-refractivity contribution in [1.82, 2.24) is 4.98 Å². The molecule has 0 amide bonds. The highest BCUT2D eigenvalue weighted by molar-refractivity contribution is 7.90. The van der Waals surface area contributed by atoms with Crippen LogP contribution in [-0.2, 0) is 9.84 Å². The quantitative estimate of drug-likeness (QED) is 0.271. The number of aromatic nitrogens is 1. The van der Waals surface area contributed by atoms with Crippen molar-refractivity contribution in [3.63, 3.8) is 0 Å². The summed E-state index contributed by atoms with van der Waals surface area (Å²) in [7, 11) is -2.01. The van der Waals surface area contributed by atoms with Crippen molar-refractivity contribution in [2.24, 2.45) is 0 Å². The number of benzene rings is 3. The van der Waals surface area contributed by atoms with Gasteiger partial charge in [-0.15, -0.1) is 11.3 Å². The van der Waals surface area contributed by atoms with Gasteiger partial charge in [0, 0.05) is 22.9 Å². The Balaban J connectivity index is 2.04. The summed E-state index contributed by atoms with van der Waals surface area (Å²) in [6, 6.07) is 17.6. The van der Waals surface area contributed by atoms with Crippen LogP contribution in [-0.4, -0.2) is 26.8 Å². The minimum atomic E-state index is -3.49. The van der Waals surface area contributed by atoms with Crippen LogP contribution in [0.25, 0.3) is 32.3 Å². The first-order valence-corrected chi connectivity index (χ1v) is 13.1. The molecule has 0 aliphatic heterocycles. The number of ether oxygens (including phenoxy) is 1. The minimum absolute atomic E-state index is 0.210. The summed E-state index contributed by atoms with van der Waals surface area (Å²) >= 11 is 20.5. The summed E-state index contributed by atoms with van der Waals surface area (Å²) in [6.45, 7) is 0. The van der Waals surface area contributed by atoms with Crippen molar-refractivity contribution in [1.29, 1.82) is 0 Å². The van der Waals surface area contributed by atoms with Crippen LogP contribution in [0.15, 0.2) is 65.6 Å². The average Bonchev–Trinajstić information content (AvgIpc) is 3.18. The van der Waals surface area contributed by atoms with E-state index in [0.29, 0.717) is 47.5 Å². The van der Waals surface area contributed by atoms with E-state index in [1.54, 1.807) is 42.5 Å². The van der Waals surface area contributed by atoms with E-state index in [2.05, 4.69) is 0 Å². The molecule has 4 aromatic rings. The summed E-state index contributed by atoms with van der Waals surface area (Å²) in [5, 5.41) is 1.84. The van der Waals surface area contributed by atoms with Crippen molar-refractivity contribution in [3.8, 4) is 38.0 Å². The lowest BCUT2D eigenvalue weighted by atomic mass is 10.1. The Hall–Kier alpha value is -2.09. The predicted octanol–water partition coefficient (Wildman–Crippen LogP) is 7.52. The fourth-order valence-electron chi connectivity index (χ4n) is 3.32. The molecule has 1 aromatic heterocycles. The van der Waals surface area contributed by atoms with Gasteiger partial charge in [-0.2, -0.15) is 0 Å². The first-order chi connectivity index (χ1) is 15.2. The van der Waals surface area contributed by atoms with Crippen LogP contribution in [0.3, 0.4) is 0 Å². The summed E-state index contributed by atoms with van der Waals surface area (Å²) in [4.78, 5) is 5.70. The van der Waals surface area contributed by atoms with Crippen molar-refractivity contribution >= 4 is 56.0 Å². The van der Waals surface area contributed by atoms with E-state index in [-0.39, 0.29) is 4.90 Å².